The van der Waals surface area contributed by atoms with Crippen molar-refractivity contribution in [2.24, 2.45) is 5.92 Å². The summed E-state index contributed by atoms with van der Waals surface area (Å²) < 4.78 is 0. The van der Waals surface area contributed by atoms with Crippen molar-refractivity contribution in [3.8, 4) is 0 Å². The van der Waals surface area contributed by atoms with E-state index in [0.717, 1.165) is 0 Å². The van der Waals surface area contributed by atoms with Gasteiger partial charge >= 0.3 is 5.97 Å². The molecule has 6 heteroatoms. The molecule has 0 spiro atoms. The number of aliphatic carboxylic acids is 1. The number of anilines is 1. The number of nitro groups is 1. The van der Waals surface area contributed by atoms with Crippen LogP contribution in [0.15, 0.2) is 18.2 Å². The Bertz CT molecular complexity index is 486. The maximum atomic E-state index is 10.9. The van der Waals surface area contributed by atoms with Gasteiger partial charge in [0.25, 0.3) is 5.69 Å². The maximum absolute atomic E-state index is 10.9. The first-order valence-corrected chi connectivity index (χ1v) is 6.04. The van der Waals surface area contributed by atoms with Gasteiger partial charge in [-0.25, -0.2) is 0 Å². The lowest BCUT2D eigenvalue weighted by atomic mass is 10.0. The Labute approximate surface area is 111 Å². The summed E-state index contributed by atoms with van der Waals surface area (Å²) in [5.74, 6) is -0.788. The Kier molecular flexibility index (Phi) is 4.86. The number of aryl methyl sites for hydroxylation is 1. The van der Waals surface area contributed by atoms with Crippen LogP contribution in [0.3, 0.4) is 0 Å². The minimum absolute atomic E-state index is 0.0284. The Morgan fingerprint density at radius 3 is 2.58 bits per heavy atom. The number of carbonyl (C=O) groups is 1. The van der Waals surface area contributed by atoms with Gasteiger partial charge in [-0.05, 0) is 18.9 Å². The monoisotopic (exact) mass is 266 g/mol. The average Bonchev–Trinajstić information content (AvgIpc) is 2.29. The first-order valence-electron chi connectivity index (χ1n) is 6.04. The quantitative estimate of drug-likeness (QED) is 0.610. The lowest BCUT2D eigenvalue weighted by Crippen LogP contribution is -2.28. The van der Waals surface area contributed by atoms with Crippen molar-refractivity contribution in [2.75, 3.05) is 5.32 Å². The van der Waals surface area contributed by atoms with Gasteiger partial charge in [0.1, 0.15) is 0 Å². The molecule has 0 amide bonds. The molecule has 0 heterocycles. The number of carboxylic acids is 1. The molecule has 0 radical (unpaired) electrons. The first-order chi connectivity index (χ1) is 8.81. The van der Waals surface area contributed by atoms with Crippen LogP contribution < -0.4 is 5.32 Å². The molecule has 0 saturated heterocycles. The van der Waals surface area contributed by atoms with E-state index in [-0.39, 0.29) is 24.1 Å². The normalized spacial score (nSPS) is 12.2. The lowest BCUT2D eigenvalue weighted by molar-refractivity contribution is -0.385. The van der Waals surface area contributed by atoms with Crippen molar-refractivity contribution in [2.45, 2.75) is 33.2 Å². The summed E-state index contributed by atoms with van der Waals surface area (Å²) >= 11 is 0. The van der Waals surface area contributed by atoms with Crippen molar-refractivity contribution in [3.05, 3.63) is 33.9 Å². The van der Waals surface area contributed by atoms with E-state index in [1.165, 1.54) is 6.07 Å². The topological polar surface area (TPSA) is 92.5 Å². The molecule has 1 aromatic rings. The fourth-order valence-corrected chi connectivity index (χ4v) is 1.75. The number of nitrogens with zero attached hydrogens (tertiary/aromatic N) is 1. The van der Waals surface area contributed by atoms with Crippen LogP contribution in [-0.2, 0) is 4.79 Å². The summed E-state index contributed by atoms with van der Waals surface area (Å²) in [7, 11) is 0. The third-order valence-electron chi connectivity index (χ3n) is 2.96. The van der Waals surface area contributed by atoms with E-state index < -0.39 is 10.9 Å². The second-order valence-electron chi connectivity index (χ2n) is 4.85. The van der Waals surface area contributed by atoms with E-state index in [1.54, 1.807) is 19.1 Å². The highest BCUT2D eigenvalue weighted by Crippen LogP contribution is 2.24. The fraction of sp³-hybridized carbons (Fsp3) is 0.462. The molecular weight excluding hydrogens is 248 g/mol. The van der Waals surface area contributed by atoms with Crippen LogP contribution in [0.25, 0.3) is 0 Å². The number of hydrogen-bond donors (Lipinski definition) is 2. The SMILES string of the molecule is Cc1ccc(NC(CC(=O)O)C(C)C)cc1[N+](=O)[O-]. The number of carboxylic acid groups (broad SMARTS) is 1. The Hall–Kier alpha value is -2.11. The van der Waals surface area contributed by atoms with E-state index in [9.17, 15) is 14.9 Å². The van der Waals surface area contributed by atoms with Gasteiger partial charge in [0.2, 0.25) is 0 Å². The van der Waals surface area contributed by atoms with E-state index >= 15 is 0 Å². The first kappa shape index (κ1) is 14.9. The lowest BCUT2D eigenvalue weighted by Gasteiger charge is -2.21. The summed E-state index contributed by atoms with van der Waals surface area (Å²) in [6.45, 7) is 5.48. The molecule has 0 saturated carbocycles. The number of nitro benzene ring substituents is 1. The Morgan fingerprint density at radius 1 is 1.47 bits per heavy atom. The standard InChI is InChI=1S/C13H18N2O4/c1-8(2)11(7-13(16)17)14-10-5-4-9(3)12(6-10)15(18)19/h4-6,8,11,14H,7H2,1-3H3,(H,16,17). The van der Waals surface area contributed by atoms with Gasteiger partial charge in [0.05, 0.1) is 11.3 Å². The van der Waals surface area contributed by atoms with Crippen LogP contribution in [0.2, 0.25) is 0 Å². The van der Waals surface area contributed by atoms with Gasteiger partial charge in [0, 0.05) is 23.4 Å². The van der Waals surface area contributed by atoms with E-state index in [2.05, 4.69) is 5.32 Å². The molecule has 1 unspecified atom stereocenters. The molecule has 0 fully saturated rings. The van der Waals surface area contributed by atoms with E-state index in [0.29, 0.717) is 11.3 Å². The fourth-order valence-electron chi connectivity index (χ4n) is 1.75. The highest BCUT2D eigenvalue weighted by molar-refractivity contribution is 5.68. The average molecular weight is 266 g/mol. The van der Waals surface area contributed by atoms with Crippen LogP contribution in [0.4, 0.5) is 11.4 Å². The van der Waals surface area contributed by atoms with Gasteiger partial charge in [0.15, 0.2) is 0 Å². The summed E-state index contributed by atoms with van der Waals surface area (Å²) in [6, 6.07) is 4.55. The zero-order chi connectivity index (χ0) is 14.6. The molecule has 1 atom stereocenters. The van der Waals surface area contributed by atoms with E-state index in [1.807, 2.05) is 13.8 Å². The van der Waals surface area contributed by atoms with Crippen LogP contribution in [0.1, 0.15) is 25.8 Å². The van der Waals surface area contributed by atoms with Crippen molar-refractivity contribution in [1.82, 2.24) is 0 Å². The molecule has 0 bridgehead atoms. The second kappa shape index (κ2) is 6.17. The van der Waals surface area contributed by atoms with Crippen molar-refractivity contribution >= 4 is 17.3 Å². The van der Waals surface area contributed by atoms with Crippen molar-refractivity contribution in [1.29, 1.82) is 0 Å². The van der Waals surface area contributed by atoms with Gasteiger partial charge < -0.3 is 10.4 Å². The third-order valence-corrected chi connectivity index (χ3v) is 2.96. The minimum atomic E-state index is -0.896. The predicted octanol–water partition coefficient (Wildman–Crippen LogP) is 2.81. The van der Waals surface area contributed by atoms with Gasteiger partial charge in [-0.3, -0.25) is 14.9 Å². The largest absolute Gasteiger partial charge is 0.481 e. The molecule has 1 aromatic carbocycles. The van der Waals surface area contributed by atoms with Gasteiger partial charge in [-0.15, -0.1) is 0 Å². The molecule has 0 aromatic heterocycles. The highest BCUT2D eigenvalue weighted by Gasteiger charge is 2.18. The third kappa shape index (κ3) is 4.24. The van der Waals surface area contributed by atoms with E-state index in [4.69, 9.17) is 5.11 Å². The Morgan fingerprint density at radius 2 is 2.11 bits per heavy atom. The smallest absolute Gasteiger partial charge is 0.305 e. The van der Waals surface area contributed by atoms with Crippen LogP contribution in [0, 0.1) is 23.0 Å². The molecule has 1 rings (SSSR count). The molecule has 0 aliphatic carbocycles. The maximum Gasteiger partial charge on any atom is 0.305 e. The van der Waals surface area contributed by atoms with Crippen molar-refractivity contribution in [3.63, 3.8) is 0 Å². The van der Waals surface area contributed by atoms with Crippen LogP contribution >= 0.6 is 0 Å². The molecule has 0 aliphatic heterocycles. The summed E-state index contributed by atoms with van der Waals surface area (Å²) in [6.07, 6.45) is -0.0284. The van der Waals surface area contributed by atoms with Crippen LogP contribution in [0.5, 0.6) is 0 Å². The number of benzene rings is 1. The Balaban J connectivity index is 2.93. The molecule has 104 valence electrons. The number of nitrogens with one attached hydrogen (secondary N) is 1. The molecule has 0 aliphatic rings. The second-order valence-corrected chi connectivity index (χ2v) is 4.85. The molecule has 6 nitrogen and oxygen atoms in total. The highest BCUT2D eigenvalue weighted by atomic mass is 16.6. The van der Waals surface area contributed by atoms with Crippen LogP contribution in [-0.4, -0.2) is 22.0 Å². The zero-order valence-electron chi connectivity index (χ0n) is 11.2. The summed E-state index contributed by atoms with van der Waals surface area (Å²) in [5.41, 5.74) is 1.18. The minimum Gasteiger partial charge on any atom is -0.481 e. The zero-order valence-corrected chi connectivity index (χ0v) is 11.2. The molecule has 19 heavy (non-hydrogen) atoms. The molecule has 2 N–H and O–H groups in total. The summed E-state index contributed by atoms with van der Waals surface area (Å²) in [4.78, 5) is 21.2. The van der Waals surface area contributed by atoms with Gasteiger partial charge in [-0.1, -0.05) is 19.9 Å². The predicted molar refractivity (Wildman–Crippen MR) is 72.3 cm³/mol. The molecular formula is C13H18N2O4. The number of rotatable bonds is 6. The van der Waals surface area contributed by atoms with Gasteiger partial charge in [-0.2, -0.15) is 0 Å². The van der Waals surface area contributed by atoms with Crippen molar-refractivity contribution < 1.29 is 14.8 Å². The number of hydrogen-bond acceptors (Lipinski definition) is 4. The summed E-state index contributed by atoms with van der Waals surface area (Å²) in [5, 5.41) is 22.8.